The summed E-state index contributed by atoms with van der Waals surface area (Å²) in [7, 11) is 3.87. The molecule has 8 nitrogen and oxygen atoms in total. The highest BCUT2D eigenvalue weighted by Crippen LogP contribution is 2.35. The van der Waals surface area contributed by atoms with Gasteiger partial charge in [-0.25, -0.2) is 4.98 Å². The molecule has 1 fully saturated rings. The van der Waals surface area contributed by atoms with E-state index in [0.717, 1.165) is 31.1 Å². The van der Waals surface area contributed by atoms with Gasteiger partial charge < -0.3 is 10.1 Å². The summed E-state index contributed by atoms with van der Waals surface area (Å²) in [4.78, 5) is 19.1. The molecule has 1 aromatic carbocycles. The van der Waals surface area contributed by atoms with Crippen molar-refractivity contribution in [2.24, 2.45) is 5.92 Å². The summed E-state index contributed by atoms with van der Waals surface area (Å²) in [6.45, 7) is 1.90. The van der Waals surface area contributed by atoms with Crippen molar-refractivity contribution in [1.29, 1.82) is 0 Å². The number of hydrogen-bond acceptors (Lipinski definition) is 8. The van der Waals surface area contributed by atoms with E-state index >= 15 is 0 Å². The largest absolute Gasteiger partial charge is 0.497 e. The first-order chi connectivity index (χ1) is 15.1. The van der Waals surface area contributed by atoms with Crippen LogP contribution in [-0.4, -0.2) is 53.2 Å². The molecule has 1 aliphatic heterocycles. The Morgan fingerprint density at radius 2 is 2.10 bits per heavy atom. The molecule has 3 aromatic rings. The lowest BCUT2D eigenvalue weighted by Gasteiger charge is -2.39. The molecule has 31 heavy (non-hydrogen) atoms. The fraction of sp³-hybridized carbons (Fsp3) is 0.364. The Labute approximate surface area is 185 Å². The molecule has 9 heteroatoms. The number of nitrogens with one attached hydrogen (secondary N) is 2. The second-order valence-electron chi connectivity index (χ2n) is 7.61. The molecule has 4 rings (SSSR count). The number of carbonyl (C=O) groups excluding carboxylic acids is 1. The molecule has 0 spiro atoms. The van der Waals surface area contributed by atoms with Gasteiger partial charge in [0.25, 0.3) is 5.91 Å². The summed E-state index contributed by atoms with van der Waals surface area (Å²) in [5.41, 5.74) is 3.35. The zero-order valence-electron chi connectivity index (χ0n) is 17.6. The molecule has 3 heterocycles. The number of pyridine rings is 1. The highest BCUT2D eigenvalue weighted by Gasteiger charge is 2.30. The molecule has 2 N–H and O–H groups in total. The molecule has 0 radical (unpaired) electrons. The van der Waals surface area contributed by atoms with Crippen LogP contribution in [0.3, 0.4) is 0 Å². The van der Waals surface area contributed by atoms with Gasteiger partial charge >= 0.3 is 0 Å². The lowest BCUT2D eigenvalue weighted by molar-refractivity contribution is 0.102. The first kappa shape index (κ1) is 21.2. The molecule has 162 valence electrons. The maximum absolute atomic E-state index is 12.3. The highest BCUT2D eigenvalue weighted by atomic mass is 32.1. The van der Waals surface area contributed by atoms with Crippen molar-refractivity contribution in [2.45, 2.75) is 18.9 Å². The van der Waals surface area contributed by atoms with Gasteiger partial charge in [0.15, 0.2) is 0 Å². The van der Waals surface area contributed by atoms with E-state index in [1.54, 1.807) is 24.9 Å². The summed E-state index contributed by atoms with van der Waals surface area (Å²) in [5.74, 6) is 1.84. The zero-order valence-corrected chi connectivity index (χ0v) is 18.4. The van der Waals surface area contributed by atoms with Crippen molar-refractivity contribution in [1.82, 2.24) is 20.1 Å². The van der Waals surface area contributed by atoms with E-state index in [9.17, 15) is 4.79 Å². The second-order valence-corrected chi connectivity index (χ2v) is 8.45. The van der Waals surface area contributed by atoms with Crippen LogP contribution < -0.4 is 15.4 Å². The van der Waals surface area contributed by atoms with E-state index in [1.807, 2.05) is 18.2 Å². The van der Waals surface area contributed by atoms with E-state index < -0.39 is 0 Å². The third kappa shape index (κ3) is 5.18. The molecule has 1 saturated heterocycles. The molecular formula is C22H26N6O2S. The summed E-state index contributed by atoms with van der Waals surface area (Å²) < 4.78 is 5.30. The number of benzene rings is 1. The van der Waals surface area contributed by atoms with Gasteiger partial charge in [-0.2, -0.15) is 0 Å². The van der Waals surface area contributed by atoms with E-state index in [-0.39, 0.29) is 5.91 Å². The number of anilines is 2. The van der Waals surface area contributed by atoms with E-state index in [2.05, 4.69) is 49.9 Å². The van der Waals surface area contributed by atoms with Crippen molar-refractivity contribution in [2.75, 3.05) is 37.9 Å². The predicted molar refractivity (Wildman–Crippen MR) is 122 cm³/mol. The van der Waals surface area contributed by atoms with Crippen molar-refractivity contribution >= 4 is 28.2 Å². The van der Waals surface area contributed by atoms with Crippen molar-refractivity contribution in [3.05, 3.63) is 59.2 Å². The molecule has 0 bridgehead atoms. The average Bonchev–Trinajstić information content (AvgIpc) is 3.31. The predicted octanol–water partition coefficient (Wildman–Crippen LogP) is 3.69. The number of piperidine rings is 1. The van der Waals surface area contributed by atoms with Crippen molar-refractivity contribution in [3.63, 3.8) is 0 Å². The van der Waals surface area contributed by atoms with Crippen LogP contribution in [0.25, 0.3) is 0 Å². The lowest BCUT2D eigenvalue weighted by atomic mass is 9.85. The Balaban J connectivity index is 1.39. The van der Waals surface area contributed by atoms with Crippen LogP contribution in [0.4, 0.5) is 10.9 Å². The van der Waals surface area contributed by atoms with Crippen LogP contribution >= 0.6 is 11.3 Å². The third-order valence-corrected chi connectivity index (χ3v) is 6.22. The van der Waals surface area contributed by atoms with Gasteiger partial charge in [0.2, 0.25) is 5.13 Å². The number of methoxy groups -OCH3 is 1. The Morgan fingerprint density at radius 3 is 2.77 bits per heavy atom. The Hall–Kier alpha value is -3.04. The molecule has 2 unspecified atom stereocenters. The number of aromatic nitrogens is 3. The van der Waals surface area contributed by atoms with Gasteiger partial charge in [-0.3, -0.25) is 15.0 Å². The van der Waals surface area contributed by atoms with Crippen LogP contribution in [-0.2, 0) is 0 Å². The van der Waals surface area contributed by atoms with Gasteiger partial charge in [0.05, 0.1) is 12.7 Å². The lowest BCUT2D eigenvalue weighted by Crippen LogP contribution is -2.39. The van der Waals surface area contributed by atoms with Gasteiger partial charge in [-0.15, -0.1) is 10.2 Å². The summed E-state index contributed by atoms with van der Waals surface area (Å²) in [6.07, 6.45) is 3.90. The number of rotatable bonds is 7. The topological polar surface area (TPSA) is 92.3 Å². The molecule has 2 atom stereocenters. The minimum absolute atomic E-state index is 0.246. The SMILES string of the molecule is COc1ccc(C2C(CNc3ccc(C(=O)Nc4nncs4)cn3)CCCN2C)cc1. The molecule has 1 amide bonds. The number of amides is 1. The minimum atomic E-state index is -0.246. The third-order valence-electron chi connectivity index (χ3n) is 5.62. The standard InChI is InChI=1S/C22H26N6O2S/c1-28-11-3-4-16(20(28)15-5-8-18(30-2)9-6-15)12-23-19-10-7-17(13-24-19)21(29)26-22-27-25-14-31-22/h5-10,13-14,16,20H,3-4,11-12H2,1-2H3,(H,23,24)(H,26,27,29). The smallest absolute Gasteiger partial charge is 0.259 e. The van der Waals surface area contributed by atoms with Gasteiger partial charge in [0, 0.05) is 18.8 Å². The summed E-state index contributed by atoms with van der Waals surface area (Å²) in [5, 5.41) is 14.2. The molecule has 0 aliphatic carbocycles. The number of carbonyl (C=O) groups is 1. The van der Waals surface area contributed by atoms with E-state index in [4.69, 9.17) is 4.74 Å². The quantitative estimate of drug-likeness (QED) is 0.581. The first-order valence-corrected chi connectivity index (χ1v) is 11.1. The summed E-state index contributed by atoms with van der Waals surface area (Å²) >= 11 is 1.28. The Morgan fingerprint density at radius 1 is 1.26 bits per heavy atom. The highest BCUT2D eigenvalue weighted by molar-refractivity contribution is 7.13. The van der Waals surface area contributed by atoms with Crippen LogP contribution in [0.1, 0.15) is 34.8 Å². The van der Waals surface area contributed by atoms with Crippen molar-refractivity contribution in [3.8, 4) is 5.75 Å². The molecular weight excluding hydrogens is 412 g/mol. The van der Waals surface area contributed by atoms with Crippen LogP contribution in [0.15, 0.2) is 48.1 Å². The van der Waals surface area contributed by atoms with Crippen LogP contribution in [0, 0.1) is 5.92 Å². The molecule has 0 saturated carbocycles. The van der Waals surface area contributed by atoms with E-state index in [1.165, 1.54) is 23.3 Å². The second kappa shape index (κ2) is 9.84. The molecule has 2 aromatic heterocycles. The summed E-state index contributed by atoms with van der Waals surface area (Å²) in [6, 6.07) is 12.3. The van der Waals surface area contributed by atoms with Crippen LogP contribution in [0.5, 0.6) is 5.75 Å². The first-order valence-electron chi connectivity index (χ1n) is 10.3. The van der Waals surface area contributed by atoms with Gasteiger partial charge in [-0.1, -0.05) is 23.5 Å². The number of likely N-dealkylation sites (tertiary alicyclic amines) is 1. The Bertz CT molecular complexity index is 978. The number of ether oxygens (including phenoxy) is 1. The zero-order chi connectivity index (χ0) is 21.6. The maximum Gasteiger partial charge on any atom is 0.259 e. The maximum atomic E-state index is 12.3. The fourth-order valence-corrected chi connectivity index (χ4v) is 4.51. The van der Waals surface area contributed by atoms with Crippen LogP contribution in [0.2, 0.25) is 0 Å². The van der Waals surface area contributed by atoms with Gasteiger partial charge in [-0.05, 0) is 62.2 Å². The average molecular weight is 439 g/mol. The number of hydrogen-bond donors (Lipinski definition) is 2. The normalized spacial score (nSPS) is 19.0. The minimum Gasteiger partial charge on any atom is -0.497 e. The van der Waals surface area contributed by atoms with E-state index in [0.29, 0.717) is 22.7 Å². The fourth-order valence-electron chi connectivity index (χ4n) is 4.07. The van der Waals surface area contributed by atoms with Crippen molar-refractivity contribution < 1.29 is 9.53 Å². The monoisotopic (exact) mass is 438 g/mol. The van der Waals surface area contributed by atoms with Gasteiger partial charge in [0.1, 0.15) is 17.1 Å². The Kier molecular flexibility index (Phi) is 6.73. The number of nitrogens with zero attached hydrogens (tertiary/aromatic N) is 4. The molecule has 1 aliphatic rings.